The quantitative estimate of drug-likeness (QED) is 0.563. The van der Waals surface area contributed by atoms with Crippen LogP contribution in [0.3, 0.4) is 0 Å². The Bertz CT molecular complexity index is 985. The molecule has 2 N–H and O–H groups in total. The lowest BCUT2D eigenvalue weighted by atomic mass is 10.3. The molecular formula is C21H19FN4O3S. The summed E-state index contributed by atoms with van der Waals surface area (Å²) in [5.74, 6) is -0.235. The van der Waals surface area contributed by atoms with Crippen molar-refractivity contribution in [3.05, 3.63) is 72.8 Å². The fourth-order valence-corrected chi connectivity index (χ4v) is 2.98. The third kappa shape index (κ3) is 6.56. The van der Waals surface area contributed by atoms with Crippen molar-refractivity contribution < 1.29 is 18.7 Å². The highest BCUT2D eigenvalue weighted by molar-refractivity contribution is 8.01. The van der Waals surface area contributed by atoms with Crippen LogP contribution in [0.1, 0.15) is 6.92 Å². The highest BCUT2D eigenvalue weighted by Crippen LogP contribution is 2.21. The first-order chi connectivity index (χ1) is 14.5. The average molecular weight is 426 g/mol. The van der Waals surface area contributed by atoms with E-state index in [1.54, 1.807) is 49.6 Å². The van der Waals surface area contributed by atoms with Crippen molar-refractivity contribution in [3.63, 3.8) is 0 Å². The Hall–Kier alpha value is -3.46. The Morgan fingerprint density at radius 1 is 1.00 bits per heavy atom. The van der Waals surface area contributed by atoms with E-state index >= 15 is 0 Å². The van der Waals surface area contributed by atoms with Gasteiger partial charge in [-0.2, -0.15) is 0 Å². The second-order valence-electron chi connectivity index (χ2n) is 6.16. The van der Waals surface area contributed by atoms with Gasteiger partial charge < -0.3 is 15.4 Å². The maximum Gasteiger partial charge on any atom is 0.321 e. The minimum Gasteiger partial charge on any atom is -0.424 e. The summed E-state index contributed by atoms with van der Waals surface area (Å²) in [5, 5.41) is 5.00. The first-order valence-electron chi connectivity index (χ1n) is 9.02. The zero-order valence-electron chi connectivity index (χ0n) is 16.0. The minimum absolute atomic E-state index is 0.0931. The van der Waals surface area contributed by atoms with Crippen LogP contribution in [-0.2, 0) is 9.59 Å². The second kappa shape index (κ2) is 10.4. The van der Waals surface area contributed by atoms with Gasteiger partial charge in [-0.25, -0.2) is 14.4 Å². The van der Waals surface area contributed by atoms with E-state index < -0.39 is 5.25 Å². The maximum atomic E-state index is 12.9. The Morgan fingerprint density at radius 2 is 1.60 bits per heavy atom. The molecule has 0 aliphatic rings. The lowest BCUT2D eigenvalue weighted by Crippen LogP contribution is -2.25. The number of ether oxygens (including phenoxy) is 1. The number of nitrogens with zero attached hydrogens (tertiary/aromatic N) is 2. The number of aromatic nitrogens is 2. The van der Waals surface area contributed by atoms with Crippen LogP contribution in [0.2, 0.25) is 0 Å². The summed E-state index contributed by atoms with van der Waals surface area (Å²) >= 11 is 1.20. The first kappa shape index (κ1) is 21.3. The van der Waals surface area contributed by atoms with Gasteiger partial charge in [0.05, 0.1) is 11.0 Å². The van der Waals surface area contributed by atoms with E-state index in [4.69, 9.17) is 4.74 Å². The molecule has 0 saturated heterocycles. The number of amides is 2. The number of nitrogens with one attached hydrogen (secondary N) is 2. The number of thioether (sulfide) groups is 1. The molecule has 0 fully saturated rings. The number of anilines is 2. The van der Waals surface area contributed by atoms with Crippen LogP contribution in [0, 0.1) is 5.82 Å². The molecule has 0 saturated carbocycles. The first-order valence-corrected chi connectivity index (χ1v) is 10.1. The number of hydrogen-bond donors (Lipinski definition) is 2. The van der Waals surface area contributed by atoms with Crippen LogP contribution in [0.4, 0.5) is 15.8 Å². The fourth-order valence-electron chi connectivity index (χ4n) is 2.30. The Labute approximate surface area is 177 Å². The number of carbonyl (C=O) groups excluding carboxylic acids is 2. The van der Waals surface area contributed by atoms with Gasteiger partial charge in [0, 0.05) is 23.8 Å². The molecule has 0 radical (unpaired) electrons. The van der Waals surface area contributed by atoms with Crippen LogP contribution in [0.5, 0.6) is 11.8 Å². The molecule has 30 heavy (non-hydrogen) atoms. The van der Waals surface area contributed by atoms with Gasteiger partial charge in [-0.1, -0.05) is 0 Å². The molecule has 0 spiro atoms. The predicted molar refractivity (Wildman–Crippen MR) is 114 cm³/mol. The number of benzene rings is 2. The fraction of sp³-hybridized carbons (Fsp3) is 0.143. The maximum absolute atomic E-state index is 12.9. The van der Waals surface area contributed by atoms with Crippen LogP contribution in [-0.4, -0.2) is 32.8 Å². The lowest BCUT2D eigenvalue weighted by molar-refractivity contribution is -0.115. The summed E-state index contributed by atoms with van der Waals surface area (Å²) in [6.45, 7) is 1.72. The van der Waals surface area contributed by atoms with Crippen LogP contribution >= 0.6 is 11.8 Å². The standard InChI is InChI=1S/C21H19FN4O3S/c1-14(30-13-19(27)25-16-5-3-15(22)4-6-16)20(28)26-17-7-9-18(10-8-17)29-21-23-11-2-12-24-21/h2-12,14H,13H2,1H3,(H,25,27)(H,26,28). The van der Waals surface area contributed by atoms with Gasteiger partial charge in [0.2, 0.25) is 11.8 Å². The van der Waals surface area contributed by atoms with Gasteiger partial charge in [0.15, 0.2) is 0 Å². The number of halogens is 1. The van der Waals surface area contributed by atoms with Crippen LogP contribution in [0.15, 0.2) is 67.0 Å². The third-order valence-electron chi connectivity index (χ3n) is 3.83. The molecule has 1 aromatic heterocycles. The molecule has 2 aromatic carbocycles. The monoisotopic (exact) mass is 426 g/mol. The van der Waals surface area contributed by atoms with Gasteiger partial charge >= 0.3 is 6.01 Å². The molecule has 0 aliphatic heterocycles. The molecular weight excluding hydrogens is 407 g/mol. The average Bonchev–Trinajstić information content (AvgIpc) is 2.76. The molecule has 154 valence electrons. The van der Waals surface area contributed by atoms with Crippen molar-refractivity contribution in [1.82, 2.24) is 9.97 Å². The van der Waals surface area contributed by atoms with E-state index in [0.29, 0.717) is 17.1 Å². The van der Waals surface area contributed by atoms with Gasteiger partial charge in [-0.3, -0.25) is 9.59 Å². The Kier molecular flexibility index (Phi) is 7.34. The van der Waals surface area contributed by atoms with Crippen molar-refractivity contribution in [1.29, 1.82) is 0 Å². The smallest absolute Gasteiger partial charge is 0.321 e. The van der Waals surface area contributed by atoms with Crippen molar-refractivity contribution in [2.45, 2.75) is 12.2 Å². The van der Waals surface area contributed by atoms with Crippen LogP contribution in [0.25, 0.3) is 0 Å². The van der Waals surface area contributed by atoms with Gasteiger partial charge in [0.25, 0.3) is 0 Å². The van der Waals surface area contributed by atoms with E-state index in [2.05, 4.69) is 20.6 Å². The van der Waals surface area contributed by atoms with E-state index in [0.717, 1.165) is 0 Å². The van der Waals surface area contributed by atoms with Crippen LogP contribution < -0.4 is 15.4 Å². The van der Waals surface area contributed by atoms with Gasteiger partial charge in [-0.05, 0) is 61.5 Å². The van der Waals surface area contributed by atoms with Crippen molar-refractivity contribution >= 4 is 35.0 Å². The zero-order chi connectivity index (χ0) is 21.3. The molecule has 1 heterocycles. The molecule has 9 heteroatoms. The molecule has 2 amide bonds. The summed E-state index contributed by atoms with van der Waals surface area (Å²) in [6.07, 6.45) is 3.16. The molecule has 1 unspecified atom stereocenters. The van der Waals surface area contributed by atoms with E-state index in [9.17, 15) is 14.0 Å². The normalized spacial score (nSPS) is 11.4. The third-order valence-corrected chi connectivity index (χ3v) is 4.98. The van der Waals surface area contributed by atoms with Gasteiger partial charge in [0.1, 0.15) is 11.6 Å². The van der Waals surface area contributed by atoms with E-state index in [1.165, 1.54) is 36.0 Å². The SMILES string of the molecule is CC(SCC(=O)Nc1ccc(F)cc1)C(=O)Nc1ccc(Oc2ncccn2)cc1. The number of carbonyl (C=O) groups is 2. The van der Waals surface area contributed by atoms with Crippen molar-refractivity contribution in [2.24, 2.45) is 0 Å². The molecule has 1 atom stereocenters. The molecule has 7 nitrogen and oxygen atoms in total. The van der Waals surface area contributed by atoms with E-state index in [-0.39, 0.29) is 29.4 Å². The molecule has 3 aromatic rings. The summed E-state index contributed by atoms with van der Waals surface area (Å²) in [4.78, 5) is 32.3. The van der Waals surface area contributed by atoms with Gasteiger partial charge in [-0.15, -0.1) is 11.8 Å². The summed E-state index contributed by atoms with van der Waals surface area (Å²) in [6, 6.07) is 14.2. The Morgan fingerprint density at radius 3 is 2.27 bits per heavy atom. The number of rotatable bonds is 8. The second-order valence-corrected chi connectivity index (χ2v) is 7.48. The van der Waals surface area contributed by atoms with Crippen molar-refractivity contribution in [3.8, 4) is 11.8 Å². The zero-order valence-corrected chi connectivity index (χ0v) is 16.9. The van der Waals surface area contributed by atoms with Crippen molar-refractivity contribution in [2.75, 3.05) is 16.4 Å². The summed E-state index contributed by atoms with van der Waals surface area (Å²) in [7, 11) is 0. The minimum atomic E-state index is -0.447. The summed E-state index contributed by atoms with van der Waals surface area (Å²) < 4.78 is 18.4. The number of hydrogen-bond acceptors (Lipinski definition) is 6. The highest BCUT2D eigenvalue weighted by atomic mass is 32.2. The van der Waals surface area contributed by atoms with E-state index in [1.807, 2.05) is 0 Å². The summed E-state index contributed by atoms with van der Waals surface area (Å²) in [5.41, 5.74) is 1.10. The largest absolute Gasteiger partial charge is 0.424 e. The molecule has 0 aliphatic carbocycles. The highest BCUT2D eigenvalue weighted by Gasteiger charge is 2.16. The molecule has 0 bridgehead atoms. The predicted octanol–water partition coefficient (Wildman–Crippen LogP) is 4.11. The Balaban J connectivity index is 1.44. The lowest BCUT2D eigenvalue weighted by Gasteiger charge is -2.12. The topological polar surface area (TPSA) is 93.2 Å². The molecule has 3 rings (SSSR count).